The molecule has 0 saturated carbocycles. The first-order valence-corrected chi connectivity index (χ1v) is 6.02. The summed E-state index contributed by atoms with van der Waals surface area (Å²) in [7, 11) is 0. The highest BCUT2D eigenvalue weighted by atomic mass is 14.7. The molecule has 0 aliphatic heterocycles. The fraction of sp³-hybridized carbons (Fsp3) is 0.429. The predicted molar refractivity (Wildman–Crippen MR) is 69.8 cm³/mol. The predicted octanol–water partition coefficient (Wildman–Crippen LogP) is 3.18. The van der Waals surface area contributed by atoms with E-state index in [1.54, 1.807) is 0 Å². The fourth-order valence-corrected chi connectivity index (χ4v) is 2.05. The Balaban J connectivity index is 2.39. The number of benzene rings is 1. The Morgan fingerprint density at radius 1 is 1.31 bits per heavy atom. The van der Waals surface area contributed by atoms with Crippen molar-refractivity contribution >= 4 is 10.9 Å². The highest BCUT2D eigenvalue weighted by Gasteiger charge is 2.06. The van der Waals surface area contributed by atoms with Crippen molar-refractivity contribution < 1.29 is 0 Å². The van der Waals surface area contributed by atoms with Gasteiger partial charge in [0.2, 0.25) is 0 Å². The lowest BCUT2D eigenvalue weighted by molar-refractivity contribution is 0.836. The zero-order valence-electron chi connectivity index (χ0n) is 10.1. The number of hydrogen-bond acceptors (Lipinski definition) is 1. The third kappa shape index (κ3) is 2.12. The van der Waals surface area contributed by atoms with E-state index in [0.29, 0.717) is 5.92 Å². The Hall–Kier alpha value is -1.28. The van der Waals surface area contributed by atoms with Gasteiger partial charge in [0.1, 0.15) is 0 Å². The summed E-state index contributed by atoms with van der Waals surface area (Å²) in [4.78, 5) is 3.32. The minimum atomic E-state index is 0.585. The quantitative estimate of drug-likeness (QED) is 0.809. The number of H-pyrrole nitrogens is 1. The maximum absolute atomic E-state index is 5.56. The molecule has 86 valence electrons. The second-order valence-corrected chi connectivity index (χ2v) is 4.67. The van der Waals surface area contributed by atoms with E-state index in [4.69, 9.17) is 5.73 Å². The summed E-state index contributed by atoms with van der Waals surface area (Å²) in [5.74, 6) is 0.585. The number of rotatable bonds is 4. The van der Waals surface area contributed by atoms with Crippen molar-refractivity contribution in [3.63, 3.8) is 0 Å². The number of nitrogens with two attached hydrogens (primary N) is 1. The Kier molecular flexibility index (Phi) is 3.30. The third-order valence-electron chi connectivity index (χ3n) is 3.11. The molecule has 3 N–H and O–H groups in total. The molecule has 0 aliphatic rings. The van der Waals surface area contributed by atoms with Crippen LogP contribution in [-0.2, 0) is 6.42 Å². The standard InChI is InChI=1S/C14H20N2/c1-10(2)11-5-6-14-13(8-11)12(9-16-14)4-3-7-15/h5-6,8-10,16H,3-4,7,15H2,1-2H3. The van der Waals surface area contributed by atoms with Gasteiger partial charge in [0.05, 0.1) is 0 Å². The van der Waals surface area contributed by atoms with Gasteiger partial charge in [0.25, 0.3) is 0 Å². The fourth-order valence-electron chi connectivity index (χ4n) is 2.05. The van der Waals surface area contributed by atoms with Crippen LogP contribution >= 0.6 is 0 Å². The molecular weight excluding hydrogens is 196 g/mol. The van der Waals surface area contributed by atoms with Gasteiger partial charge in [-0.3, -0.25) is 0 Å². The summed E-state index contributed by atoms with van der Waals surface area (Å²) in [6.07, 6.45) is 4.24. The van der Waals surface area contributed by atoms with Crippen LogP contribution < -0.4 is 5.73 Å². The van der Waals surface area contributed by atoms with Crippen LogP contribution in [0.3, 0.4) is 0 Å². The van der Waals surface area contributed by atoms with E-state index >= 15 is 0 Å². The monoisotopic (exact) mass is 216 g/mol. The van der Waals surface area contributed by atoms with Crippen LogP contribution in [0.15, 0.2) is 24.4 Å². The van der Waals surface area contributed by atoms with Crippen LogP contribution in [-0.4, -0.2) is 11.5 Å². The lowest BCUT2D eigenvalue weighted by Crippen LogP contribution is -1.99. The van der Waals surface area contributed by atoms with Crippen LogP contribution in [0.4, 0.5) is 0 Å². The van der Waals surface area contributed by atoms with Crippen molar-refractivity contribution in [1.82, 2.24) is 4.98 Å². The van der Waals surface area contributed by atoms with Gasteiger partial charge >= 0.3 is 0 Å². The van der Waals surface area contributed by atoms with Crippen LogP contribution in [0.25, 0.3) is 10.9 Å². The van der Waals surface area contributed by atoms with Crippen molar-refractivity contribution in [2.75, 3.05) is 6.54 Å². The smallest absolute Gasteiger partial charge is 0.0456 e. The molecule has 0 bridgehead atoms. The van der Waals surface area contributed by atoms with Crippen LogP contribution in [0.5, 0.6) is 0 Å². The number of aromatic nitrogens is 1. The Morgan fingerprint density at radius 2 is 2.12 bits per heavy atom. The zero-order chi connectivity index (χ0) is 11.5. The van der Waals surface area contributed by atoms with E-state index in [9.17, 15) is 0 Å². The number of nitrogens with one attached hydrogen (secondary N) is 1. The molecular formula is C14H20N2. The summed E-state index contributed by atoms with van der Waals surface area (Å²) in [5, 5.41) is 1.36. The molecule has 1 heterocycles. The van der Waals surface area contributed by atoms with Gasteiger partial charge in [-0.2, -0.15) is 0 Å². The molecule has 16 heavy (non-hydrogen) atoms. The Labute approximate surface area is 96.9 Å². The first-order valence-electron chi connectivity index (χ1n) is 6.02. The van der Waals surface area contributed by atoms with Crippen LogP contribution in [0, 0.1) is 0 Å². The Morgan fingerprint density at radius 3 is 2.81 bits per heavy atom. The molecule has 0 amide bonds. The molecule has 0 atom stereocenters. The lowest BCUT2D eigenvalue weighted by atomic mass is 9.99. The van der Waals surface area contributed by atoms with E-state index in [0.717, 1.165) is 19.4 Å². The number of hydrogen-bond donors (Lipinski definition) is 2. The molecule has 2 nitrogen and oxygen atoms in total. The molecule has 1 aromatic carbocycles. The number of aromatic amines is 1. The van der Waals surface area contributed by atoms with E-state index < -0.39 is 0 Å². The second kappa shape index (κ2) is 4.71. The molecule has 0 aliphatic carbocycles. The topological polar surface area (TPSA) is 41.8 Å². The first kappa shape index (κ1) is 11.2. The van der Waals surface area contributed by atoms with E-state index in [1.807, 2.05) is 0 Å². The van der Waals surface area contributed by atoms with E-state index in [1.165, 1.54) is 22.0 Å². The van der Waals surface area contributed by atoms with Gasteiger partial charge in [-0.05, 0) is 48.6 Å². The maximum Gasteiger partial charge on any atom is 0.0456 e. The average Bonchev–Trinajstić information content (AvgIpc) is 2.68. The van der Waals surface area contributed by atoms with Crippen LogP contribution in [0.1, 0.15) is 37.3 Å². The second-order valence-electron chi connectivity index (χ2n) is 4.67. The minimum Gasteiger partial charge on any atom is -0.361 e. The molecule has 0 unspecified atom stereocenters. The average molecular weight is 216 g/mol. The third-order valence-corrected chi connectivity index (χ3v) is 3.11. The normalized spacial score (nSPS) is 11.5. The summed E-state index contributed by atoms with van der Waals surface area (Å²) in [6, 6.07) is 6.69. The van der Waals surface area contributed by atoms with Crippen molar-refractivity contribution in [2.24, 2.45) is 5.73 Å². The van der Waals surface area contributed by atoms with Gasteiger partial charge in [-0.1, -0.05) is 19.9 Å². The van der Waals surface area contributed by atoms with Gasteiger partial charge in [-0.15, -0.1) is 0 Å². The van der Waals surface area contributed by atoms with Crippen molar-refractivity contribution in [3.8, 4) is 0 Å². The Bertz CT molecular complexity index is 469. The number of fused-ring (bicyclic) bond motifs is 1. The largest absolute Gasteiger partial charge is 0.361 e. The summed E-state index contributed by atoms with van der Waals surface area (Å²) < 4.78 is 0. The SMILES string of the molecule is CC(C)c1ccc2[nH]cc(CCCN)c2c1. The van der Waals surface area contributed by atoms with Gasteiger partial charge < -0.3 is 10.7 Å². The minimum absolute atomic E-state index is 0.585. The maximum atomic E-state index is 5.56. The zero-order valence-corrected chi connectivity index (χ0v) is 10.1. The van der Waals surface area contributed by atoms with E-state index in [-0.39, 0.29) is 0 Å². The highest BCUT2D eigenvalue weighted by Crippen LogP contribution is 2.24. The first-order chi connectivity index (χ1) is 7.72. The molecule has 2 aromatic rings. The van der Waals surface area contributed by atoms with Gasteiger partial charge in [0, 0.05) is 17.1 Å². The van der Waals surface area contributed by atoms with E-state index in [2.05, 4.69) is 43.2 Å². The highest BCUT2D eigenvalue weighted by molar-refractivity contribution is 5.84. The summed E-state index contributed by atoms with van der Waals surface area (Å²) >= 11 is 0. The molecule has 0 radical (unpaired) electrons. The lowest BCUT2D eigenvalue weighted by Gasteiger charge is -2.05. The van der Waals surface area contributed by atoms with Gasteiger partial charge in [-0.25, -0.2) is 0 Å². The van der Waals surface area contributed by atoms with Crippen LogP contribution in [0.2, 0.25) is 0 Å². The molecule has 0 saturated heterocycles. The van der Waals surface area contributed by atoms with Crippen molar-refractivity contribution in [2.45, 2.75) is 32.6 Å². The molecule has 1 aromatic heterocycles. The molecule has 2 heteroatoms. The molecule has 0 spiro atoms. The summed E-state index contributed by atoms with van der Waals surface area (Å²) in [6.45, 7) is 5.22. The summed E-state index contributed by atoms with van der Waals surface area (Å²) in [5.41, 5.74) is 9.59. The van der Waals surface area contributed by atoms with Crippen molar-refractivity contribution in [3.05, 3.63) is 35.5 Å². The van der Waals surface area contributed by atoms with Crippen molar-refractivity contribution in [1.29, 1.82) is 0 Å². The molecule has 2 rings (SSSR count). The molecule has 0 fully saturated rings. The number of aryl methyl sites for hydroxylation is 1. The van der Waals surface area contributed by atoms with Gasteiger partial charge in [0.15, 0.2) is 0 Å².